The Balaban J connectivity index is 3.22. The highest BCUT2D eigenvalue weighted by Crippen LogP contribution is 2.67. The molecule has 0 amide bonds. The molecule has 0 aromatic heterocycles. The Bertz CT molecular complexity index is 318. The fraction of sp³-hybridized carbons (Fsp3) is 1.00. The second kappa shape index (κ2) is 3.27. The van der Waals surface area contributed by atoms with E-state index in [2.05, 4.69) is 4.74 Å². The van der Waals surface area contributed by atoms with Crippen LogP contribution in [0.2, 0.25) is 0 Å². The van der Waals surface area contributed by atoms with Crippen molar-refractivity contribution in [2.24, 2.45) is 0 Å². The fourth-order valence-corrected chi connectivity index (χ4v) is 2.12. The molecule has 0 aromatic carbocycles. The molecule has 102 valence electrons. The van der Waals surface area contributed by atoms with Gasteiger partial charge in [0.05, 0.1) is 0 Å². The molecule has 0 aliphatic carbocycles. The second-order valence-electron chi connectivity index (χ2n) is 4.31. The van der Waals surface area contributed by atoms with Gasteiger partial charge in [-0.25, -0.2) is 4.39 Å². The summed E-state index contributed by atoms with van der Waals surface area (Å²) in [4.78, 5) is 0. The van der Waals surface area contributed by atoms with Crippen LogP contribution >= 0.6 is 0 Å². The molecule has 0 saturated carbocycles. The quantitative estimate of drug-likeness (QED) is 0.548. The van der Waals surface area contributed by atoms with Gasteiger partial charge in [0.25, 0.3) is 0 Å². The molecule has 3 atom stereocenters. The third-order valence-electron chi connectivity index (χ3n) is 3.44. The number of ether oxygens (including phenoxy) is 1. The predicted octanol–water partition coefficient (Wildman–Crippen LogP) is 3.78. The number of hydrogen-bond acceptors (Lipinski definition) is 1. The van der Waals surface area contributed by atoms with E-state index in [1.807, 2.05) is 0 Å². The lowest BCUT2D eigenvalue weighted by Crippen LogP contribution is -2.56. The molecule has 0 spiro atoms. The van der Waals surface area contributed by atoms with Gasteiger partial charge in [-0.1, -0.05) is 6.92 Å². The van der Waals surface area contributed by atoms with E-state index in [0.717, 1.165) is 6.92 Å². The van der Waals surface area contributed by atoms with E-state index in [-0.39, 0.29) is 6.92 Å². The molecule has 1 aliphatic heterocycles. The monoisotopic (exact) mass is 268 g/mol. The molecule has 8 heteroatoms. The zero-order valence-electron chi connectivity index (χ0n) is 9.26. The standard InChI is InChI=1S/C9H11F7O/c1-4-7(5(2,10)8(11,12)13)6(3,17-7)9(14,15)16/h4H2,1-3H3. The van der Waals surface area contributed by atoms with Crippen LogP contribution in [0.4, 0.5) is 30.7 Å². The lowest BCUT2D eigenvalue weighted by molar-refractivity contribution is -0.249. The third-order valence-corrected chi connectivity index (χ3v) is 3.44. The summed E-state index contributed by atoms with van der Waals surface area (Å²) >= 11 is 0. The van der Waals surface area contributed by atoms with Crippen molar-refractivity contribution in [1.29, 1.82) is 0 Å². The Morgan fingerprint density at radius 1 is 1.00 bits per heavy atom. The van der Waals surface area contributed by atoms with E-state index in [1.165, 1.54) is 0 Å². The molecule has 0 aromatic rings. The van der Waals surface area contributed by atoms with Crippen molar-refractivity contribution in [3.63, 3.8) is 0 Å². The first-order valence-electron chi connectivity index (χ1n) is 4.79. The lowest BCUT2D eigenvalue weighted by Gasteiger charge is -2.31. The topological polar surface area (TPSA) is 12.5 Å². The molecule has 1 fully saturated rings. The summed E-state index contributed by atoms with van der Waals surface area (Å²) in [6.07, 6.45) is -11.2. The normalized spacial score (nSPS) is 37.8. The SMILES string of the molecule is CCC1(C(C)(F)C(F)(F)F)OC1(C)C(F)(F)F. The minimum Gasteiger partial charge on any atom is -0.349 e. The van der Waals surface area contributed by atoms with Crippen LogP contribution in [0.25, 0.3) is 0 Å². The van der Waals surface area contributed by atoms with Crippen molar-refractivity contribution in [1.82, 2.24) is 0 Å². The number of epoxide rings is 1. The number of hydrogen-bond donors (Lipinski definition) is 0. The summed E-state index contributed by atoms with van der Waals surface area (Å²) in [5.74, 6) is 0. The van der Waals surface area contributed by atoms with Gasteiger partial charge >= 0.3 is 12.4 Å². The average molecular weight is 268 g/mol. The number of rotatable bonds is 2. The zero-order valence-corrected chi connectivity index (χ0v) is 9.26. The molecule has 1 aliphatic rings. The van der Waals surface area contributed by atoms with Crippen LogP contribution < -0.4 is 0 Å². The van der Waals surface area contributed by atoms with E-state index in [1.54, 1.807) is 0 Å². The summed E-state index contributed by atoms with van der Waals surface area (Å²) in [7, 11) is 0. The van der Waals surface area contributed by atoms with E-state index in [4.69, 9.17) is 0 Å². The van der Waals surface area contributed by atoms with E-state index < -0.39 is 35.6 Å². The Labute approximate surface area is 92.9 Å². The van der Waals surface area contributed by atoms with Crippen molar-refractivity contribution in [3.8, 4) is 0 Å². The van der Waals surface area contributed by atoms with Crippen molar-refractivity contribution >= 4 is 0 Å². The van der Waals surface area contributed by atoms with Gasteiger partial charge in [-0.05, 0) is 20.3 Å². The summed E-state index contributed by atoms with van der Waals surface area (Å²) in [5.41, 5.74) is -10.1. The van der Waals surface area contributed by atoms with Crippen LogP contribution in [0.5, 0.6) is 0 Å². The maximum Gasteiger partial charge on any atom is 0.425 e. The van der Waals surface area contributed by atoms with Gasteiger partial charge in [0.1, 0.15) is 5.60 Å². The Morgan fingerprint density at radius 3 is 1.59 bits per heavy atom. The highest BCUT2D eigenvalue weighted by molar-refractivity contribution is 5.26. The van der Waals surface area contributed by atoms with Crippen LogP contribution in [-0.4, -0.2) is 29.2 Å². The molecule has 17 heavy (non-hydrogen) atoms. The first-order valence-corrected chi connectivity index (χ1v) is 4.79. The number of halogens is 7. The number of alkyl halides is 7. The smallest absolute Gasteiger partial charge is 0.349 e. The molecule has 0 radical (unpaired) electrons. The maximum absolute atomic E-state index is 13.7. The van der Waals surface area contributed by atoms with E-state index in [0.29, 0.717) is 6.92 Å². The minimum atomic E-state index is -5.42. The van der Waals surface area contributed by atoms with Gasteiger partial charge in [0.15, 0.2) is 5.60 Å². The van der Waals surface area contributed by atoms with Crippen LogP contribution in [0.1, 0.15) is 27.2 Å². The third kappa shape index (κ3) is 1.56. The summed E-state index contributed by atoms with van der Waals surface area (Å²) in [5, 5.41) is 0. The van der Waals surface area contributed by atoms with Gasteiger partial charge < -0.3 is 4.74 Å². The van der Waals surface area contributed by atoms with Gasteiger partial charge in [-0.3, -0.25) is 0 Å². The molecule has 1 heterocycles. The molecular weight excluding hydrogens is 257 g/mol. The Morgan fingerprint density at radius 2 is 1.41 bits per heavy atom. The van der Waals surface area contributed by atoms with Gasteiger partial charge in [0.2, 0.25) is 5.67 Å². The lowest BCUT2D eigenvalue weighted by atomic mass is 9.78. The van der Waals surface area contributed by atoms with Gasteiger partial charge in [0, 0.05) is 0 Å². The first kappa shape index (κ1) is 14.5. The maximum atomic E-state index is 13.7. The molecule has 1 nitrogen and oxygen atoms in total. The highest BCUT2D eigenvalue weighted by Gasteiger charge is 2.89. The first-order chi connectivity index (χ1) is 7.27. The van der Waals surface area contributed by atoms with Crippen molar-refractivity contribution in [2.75, 3.05) is 0 Å². The molecule has 1 saturated heterocycles. The van der Waals surface area contributed by atoms with Gasteiger partial charge in [-0.15, -0.1) is 0 Å². The molecular formula is C9H11F7O. The summed E-state index contributed by atoms with van der Waals surface area (Å²) in [6, 6.07) is 0. The van der Waals surface area contributed by atoms with Gasteiger partial charge in [-0.2, -0.15) is 26.3 Å². The average Bonchev–Trinajstić information content (AvgIpc) is 2.72. The van der Waals surface area contributed by atoms with Crippen molar-refractivity contribution < 1.29 is 35.5 Å². The minimum absolute atomic E-state index is 0.0769. The predicted molar refractivity (Wildman–Crippen MR) is 44.1 cm³/mol. The Hall–Kier alpha value is -0.530. The van der Waals surface area contributed by atoms with Crippen molar-refractivity contribution in [2.45, 2.75) is 56.4 Å². The molecule has 1 rings (SSSR count). The van der Waals surface area contributed by atoms with Crippen LogP contribution in [0.3, 0.4) is 0 Å². The largest absolute Gasteiger partial charge is 0.425 e. The molecule has 0 bridgehead atoms. The highest BCUT2D eigenvalue weighted by atomic mass is 19.4. The fourth-order valence-electron chi connectivity index (χ4n) is 2.12. The summed E-state index contributed by atoms with van der Waals surface area (Å²) < 4.78 is 93.0. The molecule has 0 N–H and O–H groups in total. The summed E-state index contributed by atoms with van der Waals surface area (Å²) in [6.45, 7) is 1.54. The van der Waals surface area contributed by atoms with Crippen LogP contribution in [0.15, 0.2) is 0 Å². The van der Waals surface area contributed by atoms with Crippen molar-refractivity contribution in [3.05, 3.63) is 0 Å². The van der Waals surface area contributed by atoms with Crippen LogP contribution in [0, 0.1) is 0 Å². The Kier molecular flexibility index (Phi) is 2.80. The van der Waals surface area contributed by atoms with E-state index >= 15 is 0 Å². The van der Waals surface area contributed by atoms with Crippen LogP contribution in [-0.2, 0) is 4.74 Å². The van der Waals surface area contributed by atoms with E-state index in [9.17, 15) is 30.7 Å². The zero-order chi connectivity index (χ0) is 13.9. The molecule has 3 unspecified atom stereocenters. The second-order valence-corrected chi connectivity index (χ2v) is 4.31.